The highest BCUT2D eigenvalue weighted by molar-refractivity contribution is 5.64. The molecule has 0 aliphatic carbocycles. The zero-order valence-electron chi connectivity index (χ0n) is 7.41. The van der Waals surface area contributed by atoms with Crippen molar-refractivity contribution in [3.05, 3.63) is 30.1 Å². The maximum absolute atomic E-state index is 3.82. The molecule has 3 heteroatoms. The summed E-state index contributed by atoms with van der Waals surface area (Å²) in [6.45, 7) is 5.71. The molecule has 0 saturated heterocycles. The lowest BCUT2D eigenvalue weighted by Gasteiger charge is -2.02. The lowest BCUT2D eigenvalue weighted by atomic mass is 10.3. The van der Waals surface area contributed by atoms with Crippen LogP contribution in [0.4, 0.5) is 0 Å². The molecule has 0 bridgehead atoms. The number of nitrogens with zero attached hydrogens (tertiary/aromatic N) is 2. The molecule has 0 atom stereocenters. The Bertz CT molecular complexity index is 297. The number of aliphatic imine (C=N–C) groups is 1. The van der Waals surface area contributed by atoms with Crippen LogP contribution in [0.15, 0.2) is 23.8 Å². The van der Waals surface area contributed by atoms with Gasteiger partial charge in [-0.05, 0) is 18.6 Å². The van der Waals surface area contributed by atoms with Crippen LogP contribution in [0.5, 0.6) is 0 Å². The second-order valence-electron chi connectivity index (χ2n) is 2.51. The minimum atomic E-state index is 1.10. The summed E-state index contributed by atoms with van der Waals surface area (Å²) in [4.78, 5) is 3.82. The van der Waals surface area contributed by atoms with E-state index < -0.39 is 0 Å². The van der Waals surface area contributed by atoms with Crippen LogP contribution in [-0.4, -0.2) is 18.1 Å². The van der Waals surface area contributed by atoms with Crippen molar-refractivity contribution in [2.24, 2.45) is 4.99 Å². The molecule has 1 heterocycles. The molecule has 0 unspecified atom stereocenters. The van der Waals surface area contributed by atoms with Crippen LogP contribution in [-0.2, 0) is 0 Å². The maximum atomic E-state index is 3.82. The molecular weight excluding hydrogens is 150 g/mol. The van der Waals surface area contributed by atoms with E-state index in [1.807, 2.05) is 29.9 Å². The molecule has 0 amide bonds. The van der Waals surface area contributed by atoms with Gasteiger partial charge in [-0.25, -0.2) is 0 Å². The van der Waals surface area contributed by atoms with E-state index in [1.165, 1.54) is 0 Å². The minimum absolute atomic E-state index is 1.10. The fourth-order valence-corrected chi connectivity index (χ4v) is 0.970. The van der Waals surface area contributed by atoms with Crippen molar-refractivity contribution >= 4 is 12.4 Å². The molecule has 1 N–H and O–H groups in total. The fraction of sp³-hybridized carbons (Fsp3) is 0.222. The van der Waals surface area contributed by atoms with Crippen molar-refractivity contribution < 1.29 is 0 Å². The van der Waals surface area contributed by atoms with Gasteiger partial charge in [0.05, 0.1) is 0 Å². The van der Waals surface area contributed by atoms with Gasteiger partial charge in [-0.1, -0.05) is 12.7 Å². The summed E-state index contributed by atoms with van der Waals surface area (Å²) in [6.07, 6.45) is 5.41. The molecule has 3 nitrogen and oxygen atoms in total. The van der Waals surface area contributed by atoms with E-state index in [9.17, 15) is 0 Å². The Labute approximate surface area is 72.4 Å². The summed E-state index contributed by atoms with van der Waals surface area (Å²) in [5.41, 5.74) is 5.23. The Morgan fingerprint density at radius 3 is 2.92 bits per heavy atom. The molecule has 1 aromatic heterocycles. The van der Waals surface area contributed by atoms with Crippen LogP contribution in [0.1, 0.15) is 11.3 Å². The number of hydrogen-bond acceptors (Lipinski definition) is 1. The predicted molar refractivity (Wildman–Crippen MR) is 53.0 cm³/mol. The molecule has 0 radical (unpaired) electrons. The molecule has 12 heavy (non-hydrogen) atoms. The highest BCUT2D eigenvalue weighted by atomic mass is 15.4. The first-order valence-corrected chi connectivity index (χ1v) is 3.76. The summed E-state index contributed by atoms with van der Waals surface area (Å²) in [5, 5.41) is 0. The highest BCUT2D eigenvalue weighted by Gasteiger charge is 1.95. The van der Waals surface area contributed by atoms with Crippen molar-refractivity contribution in [2.45, 2.75) is 6.92 Å². The quantitative estimate of drug-likeness (QED) is 0.532. The Hall–Kier alpha value is -1.51. The van der Waals surface area contributed by atoms with E-state index in [0.29, 0.717) is 0 Å². The van der Waals surface area contributed by atoms with E-state index in [4.69, 9.17) is 0 Å². The number of rotatable bonds is 3. The van der Waals surface area contributed by atoms with Crippen molar-refractivity contribution in [1.82, 2.24) is 4.68 Å². The van der Waals surface area contributed by atoms with Crippen LogP contribution in [0.3, 0.4) is 0 Å². The van der Waals surface area contributed by atoms with E-state index in [-0.39, 0.29) is 0 Å². The zero-order chi connectivity index (χ0) is 8.97. The first-order chi connectivity index (χ1) is 5.77. The summed E-state index contributed by atoms with van der Waals surface area (Å²) in [6, 6.07) is 2.05. The average molecular weight is 163 g/mol. The van der Waals surface area contributed by atoms with Crippen LogP contribution in [0.2, 0.25) is 0 Å². The monoisotopic (exact) mass is 163 g/mol. The number of nitrogens with one attached hydrogen (secondary N) is 1. The normalized spacial score (nSPS) is 10.5. The third-order valence-corrected chi connectivity index (χ3v) is 1.60. The standard InChI is InChI=1S/C9H13N3/c1-4-9-5-8(2)12(6-9)11-7-10-3/h4-7H,1H2,2-3H3,(H,10,11). The molecule has 0 fully saturated rings. The largest absolute Gasteiger partial charge is 0.284 e. The number of hydrogen-bond donors (Lipinski definition) is 1. The molecule has 0 aliphatic rings. The molecular formula is C9H13N3. The summed E-state index contributed by atoms with van der Waals surface area (Å²) >= 11 is 0. The van der Waals surface area contributed by atoms with Gasteiger partial charge in [0.25, 0.3) is 0 Å². The molecule has 1 aromatic rings. The molecule has 1 rings (SSSR count). The summed E-state index contributed by atoms with van der Waals surface area (Å²) in [7, 11) is 1.72. The van der Waals surface area contributed by atoms with Crippen LogP contribution in [0.25, 0.3) is 6.08 Å². The van der Waals surface area contributed by atoms with Gasteiger partial charge in [0.1, 0.15) is 6.34 Å². The molecule has 64 valence electrons. The lowest BCUT2D eigenvalue weighted by Crippen LogP contribution is -2.12. The number of aromatic nitrogens is 1. The first-order valence-electron chi connectivity index (χ1n) is 3.76. The Balaban J connectivity index is 2.84. The molecule has 0 aromatic carbocycles. The van der Waals surface area contributed by atoms with Crippen LogP contribution >= 0.6 is 0 Å². The number of aryl methyl sites for hydroxylation is 1. The van der Waals surface area contributed by atoms with Crippen molar-refractivity contribution in [2.75, 3.05) is 12.5 Å². The van der Waals surface area contributed by atoms with Gasteiger partial charge in [0.2, 0.25) is 0 Å². The van der Waals surface area contributed by atoms with Gasteiger partial charge in [-0.3, -0.25) is 15.1 Å². The van der Waals surface area contributed by atoms with E-state index in [1.54, 1.807) is 13.4 Å². The predicted octanol–water partition coefficient (Wildman–Crippen LogP) is 1.64. The van der Waals surface area contributed by atoms with E-state index in [2.05, 4.69) is 17.0 Å². The van der Waals surface area contributed by atoms with Gasteiger partial charge < -0.3 is 0 Å². The van der Waals surface area contributed by atoms with Crippen molar-refractivity contribution in [3.8, 4) is 0 Å². The Morgan fingerprint density at radius 2 is 2.42 bits per heavy atom. The minimum Gasteiger partial charge on any atom is -0.284 e. The fourth-order valence-electron chi connectivity index (χ4n) is 0.970. The Morgan fingerprint density at radius 1 is 1.67 bits per heavy atom. The summed E-state index contributed by atoms with van der Waals surface area (Å²) < 4.78 is 1.89. The molecule has 0 spiro atoms. The first kappa shape index (κ1) is 8.59. The van der Waals surface area contributed by atoms with Gasteiger partial charge in [0, 0.05) is 18.9 Å². The van der Waals surface area contributed by atoms with Gasteiger partial charge in [-0.15, -0.1) is 0 Å². The zero-order valence-corrected chi connectivity index (χ0v) is 7.41. The van der Waals surface area contributed by atoms with Crippen molar-refractivity contribution in [3.63, 3.8) is 0 Å². The third kappa shape index (κ3) is 1.75. The van der Waals surface area contributed by atoms with Gasteiger partial charge in [-0.2, -0.15) is 0 Å². The second-order valence-corrected chi connectivity index (χ2v) is 2.51. The Kier molecular flexibility index (Phi) is 2.69. The topological polar surface area (TPSA) is 29.3 Å². The SMILES string of the molecule is C=Cc1cc(C)n(NC=NC)c1. The smallest absolute Gasteiger partial charge is 0.101 e. The lowest BCUT2D eigenvalue weighted by molar-refractivity contribution is 0.943. The average Bonchev–Trinajstić information content (AvgIpc) is 2.43. The molecule has 0 saturated carbocycles. The van der Waals surface area contributed by atoms with Crippen LogP contribution in [0, 0.1) is 6.92 Å². The third-order valence-electron chi connectivity index (χ3n) is 1.60. The highest BCUT2D eigenvalue weighted by Crippen LogP contribution is 2.06. The second kappa shape index (κ2) is 3.76. The van der Waals surface area contributed by atoms with Gasteiger partial charge in [0.15, 0.2) is 0 Å². The summed E-state index contributed by atoms with van der Waals surface area (Å²) in [5.74, 6) is 0. The van der Waals surface area contributed by atoms with E-state index in [0.717, 1.165) is 11.3 Å². The van der Waals surface area contributed by atoms with E-state index >= 15 is 0 Å². The maximum Gasteiger partial charge on any atom is 0.101 e. The van der Waals surface area contributed by atoms with Gasteiger partial charge >= 0.3 is 0 Å². The van der Waals surface area contributed by atoms with Crippen LogP contribution < -0.4 is 5.43 Å². The molecule has 0 aliphatic heterocycles. The van der Waals surface area contributed by atoms with Crippen molar-refractivity contribution in [1.29, 1.82) is 0 Å².